The van der Waals surface area contributed by atoms with Crippen LogP contribution >= 0.6 is 0 Å². The van der Waals surface area contributed by atoms with E-state index >= 15 is 0 Å². The zero-order valence-corrected chi connectivity index (χ0v) is 11.4. The maximum Gasteiger partial charge on any atom is 0.273 e. The Morgan fingerprint density at radius 3 is 2.74 bits per heavy atom. The third kappa shape index (κ3) is 2.76. The summed E-state index contributed by atoms with van der Waals surface area (Å²) in [5, 5.41) is 7.06. The highest BCUT2D eigenvalue weighted by molar-refractivity contribution is 6.04. The monoisotopic (exact) mass is 258 g/mol. The highest BCUT2D eigenvalue weighted by Crippen LogP contribution is 2.20. The van der Waals surface area contributed by atoms with Crippen LogP contribution in [0.15, 0.2) is 24.3 Å². The van der Waals surface area contributed by atoms with Crippen molar-refractivity contribution in [2.24, 2.45) is 7.05 Å². The number of aromatic nitrogens is 2. The van der Waals surface area contributed by atoms with E-state index in [0.717, 1.165) is 17.7 Å². The number of hydrogen-bond donors (Lipinski definition) is 2. The number of anilines is 2. The molecule has 0 fully saturated rings. The number of nitrogen functional groups attached to an aromatic ring is 1. The Morgan fingerprint density at radius 1 is 1.42 bits per heavy atom. The number of carbonyl (C=O) groups excluding carboxylic acids is 1. The van der Waals surface area contributed by atoms with Crippen molar-refractivity contribution in [3.05, 3.63) is 41.2 Å². The molecule has 0 spiro atoms. The molecular weight excluding hydrogens is 240 g/mol. The maximum atomic E-state index is 12.2. The van der Waals surface area contributed by atoms with E-state index in [4.69, 9.17) is 5.73 Å². The molecule has 0 bridgehead atoms. The molecule has 1 amide bonds. The largest absolute Gasteiger partial charge is 0.397 e. The molecule has 0 aliphatic heterocycles. The first-order chi connectivity index (χ1) is 9.01. The molecule has 0 aliphatic rings. The number of rotatable bonds is 3. The van der Waals surface area contributed by atoms with Crippen LogP contribution in [0.4, 0.5) is 11.4 Å². The van der Waals surface area contributed by atoms with Crippen molar-refractivity contribution in [3.8, 4) is 0 Å². The van der Waals surface area contributed by atoms with Gasteiger partial charge >= 0.3 is 0 Å². The normalized spacial score (nSPS) is 10.5. The molecule has 19 heavy (non-hydrogen) atoms. The van der Waals surface area contributed by atoms with E-state index in [1.54, 1.807) is 23.9 Å². The van der Waals surface area contributed by atoms with Crippen LogP contribution in [0.3, 0.4) is 0 Å². The van der Waals surface area contributed by atoms with Gasteiger partial charge in [0.05, 0.1) is 17.1 Å². The third-order valence-corrected chi connectivity index (χ3v) is 2.98. The number of nitrogens with zero attached hydrogens (tertiary/aromatic N) is 2. The molecular formula is C14H18N4O. The van der Waals surface area contributed by atoms with Gasteiger partial charge in [0.25, 0.3) is 5.91 Å². The minimum atomic E-state index is -0.203. The Hall–Kier alpha value is -2.30. The van der Waals surface area contributed by atoms with Gasteiger partial charge in [0.15, 0.2) is 0 Å². The molecule has 3 N–H and O–H groups in total. The first-order valence-electron chi connectivity index (χ1n) is 6.21. The molecule has 1 aromatic carbocycles. The molecule has 0 saturated heterocycles. The number of nitrogens with two attached hydrogens (primary N) is 1. The van der Waals surface area contributed by atoms with Crippen LogP contribution in [0, 0.1) is 6.92 Å². The molecule has 5 heteroatoms. The SMILES string of the molecule is CCc1cc(C(=O)Nc2ccc(C)cc2N)n(C)n1. The van der Waals surface area contributed by atoms with Crippen molar-refractivity contribution in [2.75, 3.05) is 11.1 Å². The van der Waals surface area contributed by atoms with Crippen LogP contribution in [-0.2, 0) is 13.5 Å². The van der Waals surface area contributed by atoms with Crippen LogP contribution in [0.1, 0.15) is 28.7 Å². The van der Waals surface area contributed by atoms with E-state index < -0.39 is 0 Å². The maximum absolute atomic E-state index is 12.2. The van der Waals surface area contributed by atoms with Gasteiger partial charge in [0.2, 0.25) is 0 Å². The van der Waals surface area contributed by atoms with Gasteiger partial charge in [0.1, 0.15) is 5.69 Å². The first-order valence-corrected chi connectivity index (χ1v) is 6.21. The number of benzene rings is 1. The predicted molar refractivity (Wildman–Crippen MR) is 76.1 cm³/mol. The van der Waals surface area contributed by atoms with E-state index in [0.29, 0.717) is 17.1 Å². The van der Waals surface area contributed by atoms with Gasteiger partial charge in [-0.3, -0.25) is 9.48 Å². The van der Waals surface area contributed by atoms with Crippen LogP contribution in [0.5, 0.6) is 0 Å². The number of carbonyl (C=O) groups is 1. The van der Waals surface area contributed by atoms with Crippen molar-refractivity contribution >= 4 is 17.3 Å². The van der Waals surface area contributed by atoms with E-state index in [9.17, 15) is 4.79 Å². The van der Waals surface area contributed by atoms with Gasteiger partial charge in [-0.1, -0.05) is 13.0 Å². The number of aryl methyl sites for hydroxylation is 3. The molecule has 2 aromatic rings. The third-order valence-electron chi connectivity index (χ3n) is 2.98. The summed E-state index contributed by atoms with van der Waals surface area (Å²) < 4.78 is 1.58. The fraction of sp³-hybridized carbons (Fsp3) is 0.286. The van der Waals surface area contributed by atoms with Gasteiger partial charge < -0.3 is 11.1 Å². The summed E-state index contributed by atoms with van der Waals surface area (Å²) in [4.78, 5) is 12.2. The predicted octanol–water partition coefficient (Wildman–Crippen LogP) is 2.13. The quantitative estimate of drug-likeness (QED) is 0.828. The summed E-state index contributed by atoms with van der Waals surface area (Å²) in [6, 6.07) is 7.34. The van der Waals surface area contributed by atoms with Gasteiger partial charge in [-0.15, -0.1) is 0 Å². The Bertz CT molecular complexity index is 616. The fourth-order valence-electron chi connectivity index (χ4n) is 1.89. The van der Waals surface area contributed by atoms with E-state index in [-0.39, 0.29) is 5.91 Å². The lowest BCUT2D eigenvalue weighted by atomic mass is 10.2. The minimum absolute atomic E-state index is 0.203. The Balaban J connectivity index is 2.23. The van der Waals surface area contributed by atoms with Crippen molar-refractivity contribution in [3.63, 3.8) is 0 Å². The smallest absolute Gasteiger partial charge is 0.273 e. The lowest BCUT2D eigenvalue weighted by Crippen LogP contribution is -2.16. The molecule has 1 heterocycles. The van der Waals surface area contributed by atoms with Gasteiger partial charge in [-0.2, -0.15) is 5.10 Å². The van der Waals surface area contributed by atoms with Crippen molar-refractivity contribution in [1.29, 1.82) is 0 Å². The zero-order chi connectivity index (χ0) is 14.0. The van der Waals surface area contributed by atoms with Crippen LogP contribution in [0.25, 0.3) is 0 Å². The molecule has 2 rings (SSSR count). The molecule has 0 aliphatic carbocycles. The highest BCUT2D eigenvalue weighted by Gasteiger charge is 2.13. The summed E-state index contributed by atoms with van der Waals surface area (Å²) in [7, 11) is 1.76. The van der Waals surface area contributed by atoms with Crippen LogP contribution in [0.2, 0.25) is 0 Å². The second-order valence-electron chi connectivity index (χ2n) is 4.54. The van der Waals surface area contributed by atoms with E-state index in [1.807, 2.05) is 26.0 Å². The molecule has 0 saturated carbocycles. The summed E-state index contributed by atoms with van der Waals surface area (Å²) in [6.45, 7) is 3.96. The lowest BCUT2D eigenvalue weighted by Gasteiger charge is -2.08. The van der Waals surface area contributed by atoms with Gasteiger partial charge in [-0.05, 0) is 37.1 Å². The lowest BCUT2D eigenvalue weighted by molar-refractivity contribution is 0.101. The number of hydrogen-bond acceptors (Lipinski definition) is 3. The second-order valence-corrected chi connectivity index (χ2v) is 4.54. The highest BCUT2D eigenvalue weighted by atomic mass is 16.2. The zero-order valence-electron chi connectivity index (χ0n) is 11.4. The van der Waals surface area contributed by atoms with Gasteiger partial charge in [-0.25, -0.2) is 0 Å². The summed E-state index contributed by atoms with van der Waals surface area (Å²) in [5.74, 6) is -0.203. The molecule has 0 atom stereocenters. The van der Waals surface area contributed by atoms with Crippen molar-refractivity contribution in [1.82, 2.24) is 9.78 Å². The number of amides is 1. The Morgan fingerprint density at radius 2 is 2.16 bits per heavy atom. The molecule has 1 aromatic heterocycles. The van der Waals surface area contributed by atoms with Crippen LogP contribution < -0.4 is 11.1 Å². The Kier molecular flexibility index (Phi) is 3.55. The summed E-state index contributed by atoms with van der Waals surface area (Å²) in [5.41, 5.74) is 9.54. The average Bonchev–Trinajstić information content (AvgIpc) is 2.74. The number of nitrogens with one attached hydrogen (secondary N) is 1. The molecule has 5 nitrogen and oxygen atoms in total. The summed E-state index contributed by atoms with van der Waals surface area (Å²) in [6.07, 6.45) is 0.799. The summed E-state index contributed by atoms with van der Waals surface area (Å²) >= 11 is 0. The van der Waals surface area contributed by atoms with Crippen LogP contribution in [-0.4, -0.2) is 15.7 Å². The Labute approximate surface area is 112 Å². The molecule has 0 unspecified atom stereocenters. The van der Waals surface area contributed by atoms with E-state index in [2.05, 4.69) is 10.4 Å². The minimum Gasteiger partial charge on any atom is -0.397 e. The van der Waals surface area contributed by atoms with Gasteiger partial charge in [0, 0.05) is 7.05 Å². The second kappa shape index (κ2) is 5.14. The average molecular weight is 258 g/mol. The standard InChI is InChI=1S/C14H18N4O/c1-4-10-8-13(18(3)17-10)14(19)16-12-6-5-9(2)7-11(12)15/h5-8H,4,15H2,1-3H3,(H,16,19). The van der Waals surface area contributed by atoms with E-state index in [1.165, 1.54) is 0 Å². The van der Waals surface area contributed by atoms with Crippen molar-refractivity contribution < 1.29 is 4.79 Å². The fourth-order valence-corrected chi connectivity index (χ4v) is 1.89. The molecule has 100 valence electrons. The first kappa shape index (κ1) is 13.1. The molecule has 0 radical (unpaired) electrons. The van der Waals surface area contributed by atoms with Crippen molar-refractivity contribution in [2.45, 2.75) is 20.3 Å². The topological polar surface area (TPSA) is 72.9 Å².